The van der Waals surface area contributed by atoms with Crippen molar-refractivity contribution < 1.29 is 28.9 Å². The number of phenolic OH excluding ortho intramolecular Hbond substituents is 1. The first kappa shape index (κ1) is 39.1. The molecule has 2 amide bonds. The molecule has 9 rings (SSSR count). The van der Waals surface area contributed by atoms with E-state index in [0.717, 1.165) is 15.1 Å². The van der Waals surface area contributed by atoms with E-state index < -0.39 is 52.0 Å². The fourth-order valence-corrected chi connectivity index (χ4v) is 9.65. The molecule has 16 nitrogen and oxygen atoms in total. The molecule has 16 heteroatoms. The van der Waals surface area contributed by atoms with Crippen LogP contribution in [0.15, 0.2) is 111 Å². The normalized spacial score (nSPS) is 20.5. The van der Waals surface area contributed by atoms with Crippen LogP contribution in [-0.2, 0) is 41.6 Å². The molecule has 4 atom stereocenters. The summed E-state index contributed by atoms with van der Waals surface area (Å²) in [7, 11) is 6.05. The predicted octanol–water partition coefficient (Wildman–Crippen LogP) is 3.96. The monoisotopic (exact) mass is 825 g/mol. The smallest absolute Gasteiger partial charge is 0.347 e. The summed E-state index contributed by atoms with van der Waals surface area (Å²) in [5.41, 5.74) is 3.73. The van der Waals surface area contributed by atoms with Crippen molar-refractivity contribution in [2.24, 2.45) is 13.0 Å². The quantitative estimate of drug-likeness (QED) is 0.151. The number of carbonyl (C=O) groups is 2. The van der Waals surface area contributed by atoms with Crippen LogP contribution >= 0.6 is 0 Å². The zero-order valence-corrected chi connectivity index (χ0v) is 34.1. The van der Waals surface area contributed by atoms with Crippen LogP contribution in [0.5, 0.6) is 23.0 Å². The van der Waals surface area contributed by atoms with Crippen LogP contribution in [0.4, 0.5) is 5.69 Å². The summed E-state index contributed by atoms with van der Waals surface area (Å²) >= 11 is 0. The number of aromatic hydroxyl groups is 1. The average molecular weight is 826 g/mol. The zero-order valence-electron chi connectivity index (χ0n) is 34.1. The second-order valence-corrected chi connectivity index (χ2v) is 15.5. The van der Waals surface area contributed by atoms with E-state index in [1.54, 1.807) is 67.7 Å². The topological polar surface area (TPSA) is 181 Å². The van der Waals surface area contributed by atoms with Gasteiger partial charge in [0, 0.05) is 43.6 Å². The van der Waals surface area contributed by atoms with Crippen LogP contribution in [0.2, 0.25) is 0 Å². The van der Waals surface area contributed by atoms with Crippen molar-refractivity contribution in [2.45, 2.75) is 50.2 Å². The maximum absolute atomic E-state index is 15.4. The number of allylic oxidation sites excluding steroid dienone is 2. The van der Waals surface area contributed by atoms with E-state index in [1.807, 2.05) is 31.2 Å². The van der Waals surface area contributed by atoms with Crippen LogP contribution in [0.25, 0.3) is 11.0 Å². The predicted molar refractivity (Wildman–Crippen MR) is 224 cm³/mol. The second-order valence-electron chi connectivity index (χ2n) is 15.5. The molecule has 0 bridgehead atoms. The number of phenols is 1. The molecule has 0 spiro atoms. The van der Waals surface area contributed by atoms with Gasteiger partial charge in [0.25, 0.3) is 17.4 Å². The van der Waals surface area contributed by atoms with Crippen molar-refractivity contribution >= 4 is 28.5 Å². The van der Waals surface area contributed by atoms with Crippen LogP contribution in [0.3, 0.4) is 0 Å². The molecule has 0 unspecified atom stereocenters. The lowest BCUT2D eigenvalue weighted by atomic mass is 9.53. The minimum Gasteiger partial charge on any atom is -0.508 e. The van der Waals surface area contributed by atoms with Gasteiger partial charge in [0.15, 0.2) is 11.5 Å². The number of anilines is 1. The molecule has 1 saturated carbocycles. The molecule has 2 fully saturated rings. The Bertz CT molecular complexity index is 2980. The molecule has 1 saturated heterocycles. The van der Waals surface area contributed by atoms with Gasteiger partial charge in [-0.15, -0.1) is 0 Å². The van der Waals surface area contributed by atoms with E-state index >= 15 is 4.79 Å². The van der Waals surface area contributed by atoms with Gasteiger partial charge in [-0.1, -0.05) is 60.2 Å². The number of ether oxygens (including phenoxy) is 3. The highest BCUT2D eigenvalue weighted by Crippen LogP contribution is 2.64. The lowest BCUT2D eigenvalue weighted by Gasteiger charge is -2.49. The van der Waals surface area contributed by atoms with Crippen molar-refractivity contribution in [1.82, 2.24) is 28.5 Å². The number of hydrazine groups is 1. The van der Waals surface area contributed by atoms with Gasteiger partial charge in [-0.05, 0) is 48.7 Å². The first-order valence-corrected chi connectivity index (χ1v) is 19.8. The minimum atomic E-state index is -1.63. The molecule has 6 aromatic rings. The van der Waals surface area contributed by atoms with Gasteiger partial charge in [-0.3, -0.25) is 19.8 Å². The first-order valence-electron chi connectivity index (χ1n) is 19.8. The zero-order chi connectivity index (χ0) is 42.9. The number of hydrogen-bond acceptors (Lipinski definition) is 11. The molecule has 61 heavy (non-hydrogen) atoms. The molecular formula is C45H43N7O9. The summed E-state index contributed by atoms with van der Waals surface area (Å²) in [6, 6.07) is 23.5. The van der Waals surface area contributed by atoms with Crippen LogP contribution in [-0.4, -0.2) is 66.7 Å². The molecular weight excluding hydrogens is 783 g/mol. The van der Waals surface area contributed by atoms with E-state index in [4.69, 9.17) is 14.2 Å². The van der Waals surface area contributed by atoms with Crippen LogP contribution in [0, 0.1) is 12.8 Å². The second kappa shape index (κ2) is 14.7. The van der Waals surface area contributed by atoms with Crippen LogP contribution in [0.1, 0.15) is 40.8 Å². The third-order valence-corrected chi connectivity index (χ3v) is 12.5. The Balaban J connectivity index is 1.18. The number of fused-ring (bicyclic) bond motifs is 5. The number of amides is 2. The van der Waals surface area contributed by atoms with Gasteiger partial charge in [-0.25, -0.2) is 28.5 Å². The van der Waals surface area contributed by atoms with E-state index in [2.05, 4.69) is 10.4 Å². The third-order valence-electron chi connectivity index (χ3n) is 12.5. The largest absolute Gasteiger partial charge is 0.508 e. The van der Waals surface area contributed by atoms with Gasteiger partial charge < -0.3 is 23.9 Å². The minimum absolute atomic E-state index is 0.0365. The Kier molecular flexibility index (Phi) is 9.44. The highest BCUT2D eigenvalue weighted by Gasteiger charge is 2.69. The highest BCUT2D eigenvalue weighted by molar-refractivity contribution is 6.13. The summed E-state index contributed by atoms with van der Waals surface area (Å²) < 4.78 is 21.9. The number of nitrogens with one attached hydrogen (secondary N) is 1. The molecule has 1 aliphatic carbocycles. The van der Waals surface area contributed by atoms with Crippen molar-refractivity contribution in [2.75, 3.05) is 26.8 Å². The number of aryl methyl sites for hydroxylation is 3. The summed E-state index contributed by atoms with van der Waals surface area (Å²) in [5.74, 6) is -2.26. The molecule has 2 N–H and O–H groups in total. The number of hydrogen-bond donors (Lipinski definition) is 2. The Morgan fingerprint density at radius 3 is 2.26 bits per heavy atom. The number of benzene rings is 4. The number of nitrogens with zero attached hydrogens (tertiary/aromatic N) is 6. The molecule has 0 radical (unpaired) electrons. The van der Waals surface area contributed by atoms with Gasteiger partial charge in [0.1, 0.15) is 17.2 Å². The molecule has 2 aromatic heterocycles. The van der Waals surface area contributed by atoms with E-state index in [0.29, 0.717) is 39.4 Å². The molecule has 3 aliphatic rings. The highest BCUT2D eigenvalue weighted by atomic mass is 16.5. The van der Waals surface area contributed by atoms with Crippen molar-refractivity contribution in [3.05, 3.63) is 150 Å². The van der Waals surface area contributed by atoms with Crippen molar-refractivity contribution in [1.29, 1.82) is 0 Å². The summed E-state index contributed by atoms with van der Waals surface area (Å²) in [6.45, 7) is 1.70. The Morgan fingerprint density at radius 1 is 0.852 bits per heavy atom. The Morgan fingerprint density at radius 2 is 1.56 bits per heavy atom. The SMILES string of the molecule is COc1cc2nc(CCn3c(=O)n4n(c3=O)[C@@H]3C[C@H]5C(=O)N(Nc6ccc(C)cc6)C(=O)[C@@]5(c5ccccc5)[C@@H](c5c(O)cccc5OC)C3=CC4)c(=O)n(C)c2cc1OC. The number of carbonyl (C=O) groups excluding carboxylic acids is 2. The lowest BCUT2D eigenvalue weighted by Crippen LogP contribution is -2.53. The van der Waals surface area contributed by atoms with E-state index in [1.165, 1.54) is 41.3 Å². The molecule has 4 aromatic carbocycles. The summed E-state index contributed by atoms with van der Waals surface area (Å²) in [5, 5.41) is 12.8. The summed E-state index contributed by atoms with van der Waals surface area (Å²) in [6.07, 6.45) is 1.72. The first-order chi connectivity index (χ1) is 29.4. The third kappa shape index (κ3) is 5.79. The van der Waals surface area contributed by atoms with Gasteiger partial charge >= 0.3 is 11.4 Å². The van der Waals surface area contributed by atoms with Crippen molar-refractivity contribution in [3.63, 3.8) is 0 Å². The molecule has 4 heterocycles. The van der Waals surface area contributed by atoms with E-state index in [-0.39, 0.29) is 48.7 Å². The maximum atomic E-state index is 15.4. The number of methoxy groups -OCH3 is 3. The Hall–Kier alpha value is -7.36. The Labute approximate surface area is 348 Å². The van der Waals surface area contributed by atoms with Crippen LogP contribution < -0.4 is 36.6 Å². The molecule has 312 valence electrons. The number of rotatable bonds is 10. The fraction of sp³-hybridized carbons (Fsp3) is 0.289. The van der Waals surface area contributed by atoms with Gasteiger partial charge in [-0.2, -0.15) is 5.01 Å². The van der Waals surface area contributed by atoms with Gasteiger partial charge in [0.2, 0.25) is 0 Å². The summed E-state index contributed by atoms with van der Waals surface area (Å²) in [4.78, 5) is 77.5. The van der Waals surface area contributed by atoms with E-state index in [9.17, 15) is 24.3 Å². The van der Waals surface area contributed by atoms with Crippen molar-refractivity contribution in [3.8, 4) is 23.0 Å². The number of imide groups is 1. The fourth-order valence-electron chi connectivity index (χ4n) is 9.65. The lowest BCUT2D eigenvalue weighted by molar-refractivity contribution is -0.138. The van der Waals surface area contributed by atoms with Gasteiger partial charge in [0.05, 0.1) is 62.0 Å². The molecule has 2 aliphatic heterocycles. The average Bonchev–Trinajstić information content (AvgIpc) is 3.64. The maximum Gasteiger partial charge on any atom is 0.347 e. The standard InChI is InChI=1S/C45H43N7O9/c1-25-14-16-27(17-15-25)47-51-40(54)29-22-32-28(39(38-34(53)12-9-13-35(38)59-3)45(29,42(51)56)26-10-7-6-8-11-26)18-21-50-43(57)49(44(58)52(32)50)20-19-30-41(55)48(2)33-24-37(61-5)36(60-4)23-31(33)46-30/h6-18,23-24,29,32,39,47,53H,19-22H2,1-5H3/t29-,32+,39+,45+/m0/s1. The number of aromatic nitrogens is 5.